The van der Waals surface area contributed by atoms with Gasteiger partial charge in [-0.05, 0) is 18.6 Å². The highest BCUT2D eigenvalue weighted by Gasteiger charge is 2.25. The van der Waals surface area contributed by atoms with Crippen molar-refractivity contribution in [1.82, 2.24) is 0 Å². The molecule has 1 heterocycles. The molecule has 0 saturated carbocycles. The minimum atomic E-state index is -0.0474. The first-order valence-electron chi connectivity index (χ1n) is 4.77. The summed E-state index contributed by atoms with van der Waals surface area (Å²) in [6, 6.07) is 5.90. The zero-order valence-corrected chi connectivity index (χ0v) is 9.71. The van der Waals surface area contributed by atoms with E-state index in [1.54, 1.807) is 7.11 Å². The first-order valence-corrected chi connectivity index (χ1v) is 4.77. The number of rotatable bonds is 1. The van der Waals surface area contributed by atoms with Crippen molar-refractivity contribution >= 4 is 12.4 Å². The smallest absolute Gasteiger partial charge is 0.124 e. The standard InChI is InChI=1S/C11H15NO2.ClH/c1-7-11(12)8-4-3-5-10(13-2)9(8)6-14-7;/h3-5,7,11H,6,12H2,1-2H3;1H/t7-,11-;/m1./s1. The highest BCUT2D eigenvalue weighted by atomic mass is 35.5. The normalized spacial score (nSPS) is 23.9. The predicted octanol–water partition coefficient (Wildman–Crippen LogP) is 2.04. The molecule has 0 bridgehead atoms. The van der Waals surface area contributed by atoms with Gasteiger partial charge in [0.25, 0.3) is 0 Å². The second-order valence-corrected chi connectivity index (χ2v) is 3.57. The Labute approximate surface area is 96.0 Å². The van der Waals surface area contributed by atoms with Gasteiger partial charge in [-0.25, -0.2) is 0 Å². The lowest BCUT2D eigenvalue weighted by atomic mass is 9.95. The third-order valence-corrected chi connectivity index (χ3v) is 2.74. The second kappa shape index (κ2) is 4.84. The molecule has 1 aromatic carbocycles. The van der Waals surface area contributed by atoms with Gasteiger partial charge in [-0.1, -0.05) is 12.1 Å². The van der Waals surface area contributed by atoms with Crippen LogP contribution in [-0.2, 0) is 11.3 Å². The molecular weight excluding hydrogens is 214 g/mol. The predicted molar refractivity (Wildman–Crippen MR) is 61.4 cm³/mol. The summed E-state index contributed by atoms with van der Waals surface area (Å²) < 4.78 is 10.8. The zero-order chi connectivity index (χ0) is 10.1. The molecule has 1 aliphatic rings. The number of hydrogen-bond acceptors (Lipinski definition) is 3. The summed E-state index contributed by atoms with van der Waals surface area (Å²) in [6.45, 7) is 2.58. The molecule has 0 amide bonds. The van der Waals surface area contributed by atoms with Gasteiger partial charge in [0.05, 0.1) is 25.9 Å². The quantitative estimate of drug-likeness (QED) is 0.802. The Kier molecular flexibility index (Phi) is 3.97. The third-order valence-electron chi connectivity index (χ3n) is 2.74. The van der Waals surface area contributed by atoms with Crippen LogP contribution in [0.3, 0.4) is 0 Å². The summed E-state index contributed by atoms with van der Waals surface area (Å²) in [7, 11) is 1.67. The van der Waals surface area contributed by atoms with Crippen LogP contribution in [0.2, 0.25) is 0 Å². The largest absolute Gasteiger partial charge is 0.496 e. The van der Waals surface area contributed by atoms with Gasteiger partial charge >= 0.3 is 0 Å². The van der Waals surface area contributed by atoms with Crippen LogP contribution in [-0.4, -0.2) is 13.2 Å². The molecular formula is C11H16ClNO2. The molecule has 4 heteroatoms. The Morgan fingerprint density at radius 3 is 2.87 bits per heavy atom. The molecule has 0 aliphatic carbocycles. The SMILES string of the molecule is COc1cccc2c1CO[C@H](C)[C@H]2N.Cl. The van der Waals surface area contributed by atoms with Crippen molar-refractivity contribution in [3.63, 3.8) is 0 Å². The fourth-order valence-electron chi connectivity index (χ4n) is 1.81. The van der Waals surface area contributed by atoms with Crippen LogP contribution in [0, 0.1) is 0 Å². The number of halogens is 1. The lowest BCUT2D eigenvalue weighted by Crippen LogP contribution is -2.31. The van der Waals surface area contributed by atoms with Crippen LogP contribution in [0.15, 0.2) is 18.2 Å². The second-order valence-electron chi connectivity index (χ2n) is 3.57. The lowest BCUT2D eigenvalue weighted by Gasteiger charge is -2.29. The highest BCUT2D eigenvalue weighted by Crippen LogP contribution is 2.33. The van der Waals surface area contributed by atoms with Gasteiger partial charge in [0.2, 0.25) is 0 Å². The van der Waals surface area contributed by atoms with Gasteiger partial charge < -0.3 is 15.2 Å². The van der Waals surface area contributed by atoms with Crippen molar-refractivity contribution < 1.29 is 9.47 Å². The average Bonchev–Trinajstić information content (AvgIpc) is 2.23. The minimum absolute atomic E-state index is 0. The molecule has 1 aromatic rings. The highest BCUT2D eigenvalue weighted by molar-refractivity contribution is 5.85. The summed E-state index contributed by atoms with van der Waals surface area (Å²) in [5.41, 5.74) is 8.26. The number of benzene rings is 1. The number of fused-ring (bicyclic) bond motifs is 1. The molecule has 0 saturated heterocycles. The van der Waals surface area contributed by atoms with Crippen molar-refractivity contribution in [2.45, 2.75) is 25.7 Å². The first kappa shape index (κ1) is 12.3. The van der Waals surface area contributed by atoms with E-state index in [2.05, 4.69) is 0 Å². The van der Waals surface area contributed by atoms with E-state index in [4.69, 9.17) is 15.2 Å². The van der Waals surface area contributed by atoms with E-state index >= 15 is 0 Å². The molecule has 15 heavy (non-hydrogen) atoms. The van der Waals surface area contributed by atoms with Gasteiger partial charge in [0.1, 0.15) is 5.75 Å². The molecule has 3 nitrogen and oxygen atoms in total. The Hall–Kier alpha value is -0.770. The molecule has 2 atom stereocenters. The number of hydrogen-bond donors (Lipinski definition) is 1. The van der Waals surface area contributed by atoms with Crippen molar-refractivity contribution in [3.05, 3.63) is 29.3 Å². The van der Waals surface area contributed by atoms with Crippen molar-refractivity contribution in [1.29, 1.82) is 0 Å². The Morgan fingerprint density at radius 2 is 2.20 bits per heavy atom. The summed E-state index contributed by atoms with van der Waals surface area (Å²) >= 11 is 0. The molecule has 2 N–H and O–H groups in total. The maximum Gasteiger partial charge on any atom is 0.124 e. The van der Waals surface area contributed by atoms with Gasteiger partial charge in [-0.3, -0.25) is 0 Å². The molecule has 84 valence electrons. The van der Waals surface area contributed by atoms with Crippen molar-refractivity contribution in [2.75, 3.05) is 7.11 Å². The van der Waals surface area contributed by atoms with Gasteiger partial charge in [0, 0.05) is 5.56 Å². The Morgan fingerprint density at radius 1 is 1.47 bits per heavy atom. The molecule has 0 fully saturated rings. The third kappa shape index (κ3) is 2.09. The molecule has 0 unspecified atom stereocenters. The first-order chi connectivity index (χ1) is 6.74. The maximum atomic E-state index is 6.03. The maximum absolute atomic E-state index is 6.03. The van der Waals surface area contributed by atoms with Crippen LogP contribution in [0.1, 0.15) is 24.1 Å². The lowest BCUT2D eigenvalue weighted by molar-refractivity contribution is 0.0201. The van der Waals surface area contributed by atoms with Crippen LogP contribution in [0.4, 0.5) is 0 Å². The van der Waals surface area contributed by atoms with Crippen molar-refractivity contribution in [3.8, 4) is 5.75 Å². The van der Waals surface area contributed by atoms with Gasteiger partial charge in [0.15, 0.2) is 0 Å². The van der Waals surface area contributed by atoms with Crippen LogP contribution < -0.4 is 10.5 Å². The molecule has 1 aliphatic heterocycles. The van der Waals surface area contributed by atoms with Crippen molar-refractivity contribution in [2.24, 2.45) is 5.73 Å². The Balaban J connectivity index is 0.00000112. The summed E-state index contributed by atoms with van der Waals surface area (Å²) in [4.78, 5) is 0. The number of methoxy groups -OCH3 is 1. The van der Waals surface area contributed by atoms with Gasteiger partial charge in [-0.2, -0.15) is 0 Å². The minimum Gasteiger partial charge on any atom is -0.496 e. The van der Waals surface area contributed by atoms with E-state index in [1.165, 1.54) is 0 Å². The van der Waals surface area contributed by atoms with Crippen LogP contribution >= 0.6 is 12.4 Å². The topological polar surface area (TPSA) is 44.5 Å². The van der Waals surface area contributed by atoms with E-state index in [1.807, 2.05) is 25.1 Å². The summed E-state index contributed by atoms with van der Waals surface area (Å²) in [5.74, 6) is 0.866. The average molecular weight is 230 g/mol. The monoisotopic (exact) mass is 229 g/mol. The van der Waals surface area contributed by atoms with E-state index in [9.17, 15) is 0 Å². The summed E-state index contributed by atoms with van der Waals surface area (Å²) in [5, 5.41) is 0. The molecule has 0 spiro atoms. The van der Waals surface area contributed by atoms with Gasteiger partial charge in [-0.15, -0.1) is 12.4 Å². The van der Waals surface area contributed by atoms with E-state index in [0.717, 1.165) is 16.9 Å². The Bertz CT molecular complexity index is 343. The fourth-order valence-corrected chi connectivity index (χ4v) is 1.81. The number of nitrogens with two attached hydrogens (primary N) is 1. The molecule has 0 radical (unpaired) electrons. The van der Waals surface area contributed by atoms with E-state index < -0.39 is 0 Å². The van der Waals surface area contributed by atoms with Crippen LogP contribution in [0.5, 0.6) is 5.75 Å². The summed E-state index contributed by atoms with van der Waals surface area (Å²) in [6.07, 6.45) is 0.0783. The molecule has 0 aromatic heterocycles. The fraction of sp³-hybridized carbons (Fsp3) is 0.455. The van der Waals surface area contributed by atoms with E-state index in [-0.39, 0.29) is 24.6 Å². The number of ether oxygens (including phenoxy) is 2. The van der Waals surface area contributed by atoms with E-state index in [0.29, 0.717) is 6.61 Å². The molecule has 2 rings (SSSR count). The van der Waals surface area contributed by atoms with Crippen LogP contribution in [0.25, 0.3) is 0 Å². The zero-order valence-electron chi connectivity index (χ0n) is 8.90.